The summed E-state index contributed by atoms with van der Waals surface area (Å²) >= 11 is 3.72. The second-order valence-electron chi connectivity index (χ2n) is 12.0. The molecule has 0 unspecified atom stereocenters. The van der Waals surface area contributed by atoms with Gasteiger partial charge in [0.1, 0.15) is 0 Å². The molecule has 0 atom stereocenters. The number of hydrogen-bond acceptors (Lipinski definition) is 5. The third kappa shape index (κ3) is 3.94. The first-order valence-electron chi connectivity index (χ1n) is 14.4. The maximum Gasteiger partial charge on any atom is 0.494 e. The quantitative estimate of drug-likeness (QED) is 0.193. The number of nitrogens with zero attached hydrogens (tertiary/aromatic N) is 1. The normalized spacial score (nSPS) is 16.2. The molecule has 5 aromatic carbocycles. The summed E-state index contributed by atoms with van der Waals surface area (Å²) in [6, 6.07) is 39.5. The Bertz CT molecular complexity index is 2000. The SMILES string of the molecule is CC1(C)OB(c2ccc(N(c3cccc4c3sc3ccccc34)c3cccc4c3sc3ccccc34)cc2)OC1(C)C. The molecular formula is C36H30BNO2S2. The second kappa shape index (κ2) is 9.42. The van der Waals surface area contributed by atoms with Crippen LogP contribution in [0.5, 0.6) is 0 Å². The van der Waals surface area contributed by atoms with Gasteiger partial charge in [0, 0.05) is 36.6 Å². The molecule has 0 bridgehead atoms. The van der Waals surface area contributed by atoms with Gasteiger partial charge in [-0.3, -0.25) is 0 Å². The molecule has 0 amide bonds. The Morgan fingerprint density at radius 1 is 0.524 bits per heavy atom. The van der Waals surface area contributed by atoms with Gasteiger partial charge in [0.25, 0.3) is 0 Å². The third-order valence-electron chi connectivity index (χ3n) is 8.93. The number of hydrogen-bond donors (Lipinski definition) is 0. The van der Waals surface area contributed by atoms with E-state index in [1.165, 1.54) is 51.7 Å². The Morgan fingerprint density at radius 2 is 0.976 bits per heavy atom. The van der Waals surface area contributed by atoms with Gasteiger partial charge in [0.15, 0.2) is 0 Å². The molecule has 7 aromatic rings. The minimum atomic E-state index is -0.394. The van der Waals surface area contributed by atoms with Crippen LogP contribution >= 0.6 is 22.7 Å². The van der Waals surface area contributed by atoms with Crippen LogP contribution in [0.3, 0.4) is 0 Å². The molecule has 206 valence electrons. The molecular weight excluding hydrogens is 553 g/mol. The van der Waals surface area contributed by atoms with E-state index in [9.17, 15) is 0 Å². The lowest BCUT2D eigenvalue weighted by atomic mass is 9.79. The molecule has 0 N–H and O–H groups in total. The van der Waals surface area contributed by atoms with Crippen LogP contribution in [0.1, 0.15) is 27.7 Å². The fourth-order valence-electron chi connectivity index (χ4n) is 5.98. The van der Waals surface area contributed by atoms with Gasteiger partial charge >= 0.3 is 7.12 Å². The van der Waals surface area contributed by atoms with Gasteiger partial charge in [0.05, 0.1) is 32.0 Å². The topological polar surface area (TPSA) is 21.7 Å². The van der Waals surface area contributed by atoms with E-state index in [1.807, 2.05) is 22.7 Å². The Morgan fingerprint density at radius 3 is 1.48 bits per heavy atom. The number of rotatable bonds is 4. The van der Waals surface area contributed by atoms with Crippen LogP contribution in [-0.2, 0) is 9.31 Å². The second-order valence-corrected chi connectivity index (χ2v) is 14.1. The lowest BCUT2D eigenvalue weighted by Gasteiger charge is -2.32. The fourth-order valence-corrected chi connectivity index (χ4v) is 8.40. The zero-order chi connectivity index (χ0) is 28.6. The van der Waals surface area contributed by atoms with Crippen molar-refractivity contribution in [1.29, 1.82) is 0 Å². The van der Waals surface area contributed by atoms with Crippen LogP contribution in [0.4, 0.5) is 17.1 Å². The average Bonchev–Trinajstić information content (AvgIpc) is 3.63. The van der Waals surface area contributed by atoms with E-state index in [1.54, 1.807) is 0 Å². The maximum absolute atomic E-state index is 6.37. The molecule has 0 radical (unpaired) electrons. The zero-order valence-corrected chi connectivity index (χ0v) is 25.7. The molecule has 1 aliphatic rings. The van der Waals surface area contributed by atoms with Crippen molar-refractivity contribution in [2.24, 2.45) is 0 Å². The predicted molar refractivity (Wildman–Crippen MR) is 183 cm³/mol. The van der Waals surface area contributed by atoms with Gasteiger partial charge in [-0.25, -0.2) is 0 Å². The molecule has 0 spiro atoms. The Labute approximate surface area is 254 Å². The van der Waals surface area contributed by atoms with E-state index in [-0.39, 0.29) is 11.2 Å². The van der Waals surface area contributed by atoms with Gasteiger partial charge in [-0.05, 0) is 69.6 Å². The van der Waals surface area contributed by atoms with E-state index in [4.69, 9.17) is 9.31 Å². The molecule has 1 fully saturated rings. The number of anilines is 3. The Balaban J connectivity index is 1.34. The van der Waals surface area contributed by atoms with Crippen molar-refractivity contribution in [3.63, 3.8) is 0 Å². The molecule has 1 saturated heterocycles. The van der Waals surface area contributed by atoms with Crippen LogP contribution < -0.4 is 10.4 Å². The summed E-state index contributed by atoms with van der Waals surface area (Å²) in [5, 5.41) is 5.18. The smallest absolute Gasteiger partial charge is 0.399 e. The molecule has 2 aromatic heterocycles. The standard InChI is InChI=1S/C36H30BNO2S2/c1-35(2)36(3,4)40-37(39-35)23-19-21-24(22-20-23)38(29-15-9-13-27-25-11-5-7-17-31(25)41-33(27)29)30-16-10-14-28-26-12-6-8-18-32(26)42-34(28)30/h5-22H,1-4H3. The first-order valence-corrected chi connectivity index (χ1v) is 16.0. The van der Waals surface area contributed by atoms with Crippen LogP contribution in [0, 0.1) is 0 Å². The Kier molecular flexibility index (Phi) is 5.83. The third-order valence-corrected chi connectivity index (χ3v) is 11.3. The van der Waals surface area contributed by atoms with Crippen molar-refractivity contribution in [3.05, 3.63) is 109 Å². The molecule has 0 saturated carbocycles. The summed E-state index contributed by atoms with van der Waals surface area (Å²) in [4.78, 5) is 2.43. The van der Waals surface area contributed by atoms with Crippen LogP contribution in [-0.4, -0.2) is 18.3 Å². The molecule has 6 heteroatoms. The van der Waals surface area contributed by atoms with Crippen molar-refractivity contribution < 1.29 is 9.31 Å². The molecule has 1 aliphatic heterocycles. The Hall–Kier alpha value is -3.68. The predicted octanol–water partition coefficient (Wildman–Crippen LogP) is 10.2. The van der Waals surface area contributed by atoms with Crippen molar-refractivity contribution in [2.45, 2.75) is 38.9 Å². The summed E-state index contributed by atoms with van der Waals surface area (Å²) in [6.07, 6.45) is 0. The van der Waals surface area contributed by atoms with Gasteiger partial charge in [-0.2, -0.15) is 0 Å². The van der Waals surface area contributed by atoms with Gasteiger partial charge < -0.3 is 14.2 Å². The largest absolute Gasteiger partial charge is 0.494 e. The van der Waals surface area contributed by atoms with Crippen molar-refractivity contribution in [3.8, 4) is 0 Å². The van der Waals surface area contributed by atoms with E-state index < -0.39 is 7.12 Å². The zero-order valence-electron chi connectivity index (χ0n) is 24.0. The van der Waals surface area contributed by atoms with Crippen molar-refractivity contribution in [1.82, 2.24) is 0 Å². The van der Waals surface area contributed by atoms with Crippen LogP contribution in [0.2, 0.25) is 0 Å². The van der Waals surface area contributed by atoms with E-state index in [0.29, 0.717) is 0 Å². The summed E-state index contributed by atoms with van der Waals surface area (Å²) in [5.74, 6) is 0. The van der Waals surface area contributed by atoms with Crippen molar-refractivity contribution >= 4 is 92.7 Å². The highest BCUT2D eigenvalue weighted by molar-refractivity contribution is 7.27. The first kappa shape index (κ1) is 26.0. The lowest BCUT2D eigenvalue weighted by molar-refractivity contribution is 0.00578. The number of benzene rings is 5. The fraction of sp³-hybridized carbons (Fsp3) is 0.167. The van der Waals surface area contributed by atoms with Gasteiger partial charge in [0.2, 0.25) is 0 Å². The minimum Gasteiger partial charge on any atom is -0.399 e. The average molecular weight is 584 g/mol. The monoisotopic (exact) mass is 583 g/mol. The number of thiophene rings is 2. The number of fused-ring (bicyclic) bond motifs is 6. The highest BCUT2D eigenvalue weighted by Gasteiger charge is 2.51. The molecule has 3 heterocycles. The lowest BCUT2D eigenvalue weighted by Crippen LogP contribution is -2.41. The van der Waals surface area contributed by atoms with Gasteiger partial charge in [-0.15, -0.1) is 22.7 Å². The van der Waals surface area contributed by atoms with Gasteiger partial charge in [-0.1, -0.05) is 72.8 Å². The highest BCUT2D eigenvalue weighted by atomic mass is 32.1. The summed E-state index contributed by atoms with van der Waals surface area (Å²) < 4.78 is 17.9. The summed E-state index contributed by atoms with van der Waals surface area (Å²) in [5.41, 5.74) is 3.73. The molecule has 8 rings (SSSR count). The van der Waals surface area contributed by atoms with Crippen molar-refractivity contribution in [2.75, 3.05) is 4.90 Å². The summed E-state index contributed by atoms with van der Waals surface area (Å²) in [6.45, 7) is 8.39. The van der Waals surface area contributed by atoms with E-state index in [2.05, 4.69) is 142 Å². The van der Waals surface area contributed by atoms with Crippen LogP contribution in [0.25, 0.3) is 40.3 Å². The van der Waals surface area contributed by atoms with Crippen LogP contribution in [0.15, 0.2) is 109 Å². The molecule has 0 aliphatic carbocycles. The highest BCUT2D eigenvalue weighted by Crippen LogP contribution is 2.48. The van der Waals surface area contributed by atoms with E-state index >= 15 is 0 Å². The molecule has 3 nitrogen and oxygen atoms in total. The first-order chi connectivity index (χ1) is 20.3. The molecule has 42 heavy (non-hydrogen) atoms. The maximum atomic E-state index is 6.37. The minimum absolute atomic E-state index is 0.379. The van der Waals surface area contributed by atoms with E-state index in [0.717, 1.165) is 11.2 Å². The summed E-state index contributed by atoms with van der Waals surface area (Å²) in [7, 11) is -0.394.